The van der Waals surface area contributed by atoms with Gasteiger partial charge in [0.05, 0.1) is 0 Å². The highest BCUT2D eigenvalue weighted by Gasteiger charge is 2.21. The zero-order valence-corrected chi connectivity index (χ0v) is 15.3. The number of aromatic nitrogens is 1. The lowest BCUT2D eigenvalue weighted by molar-refractivity contribution is 0.166. The van der Waals surface area contributed by atoms with Gasteiger partial charge in [0, 0.05) is 49.2 Å². The molecule has 0 aliphatic carbocycles. The second-order valence-electron chi connectivity index (χ2n) is 7.16. The van der Waals surface area contributed by atoms with Gasteiger partial charge in [-0.3, -0.25) is 9.88 Å². The number of aryl methyl sites for hydroxylation is 2. The van der Waals surface area contributed by atoms with Crippen LogP contribution in [0.1, 0.15) is 37.6 Å². The monoisotopic (exact) mass is 323 g/mol. The van der Waals surface area contributed by atoms with Gasteiger partial charge < -0.3 is 5.32 Å². The highest BCUT2D eigenvalue weighted by Crippen LogP contribution is 2.26. The summed E-state index contributed by atoms with van der Waals surface area (Å²) in [5.41, 5.74) is 6.52. The minimum Gasteiger partial charge on any atom is -0.309 e. The molecule has 0 amide bonds. The Morgan fingerprint density at radius 1 is 1.17 bits per heavy atom. The molecule has 2 unspecified atom stereocenters. The molecule has 0 spiro atoms. The summed E-state index contributed by atoms with van der Waals surface area (Å²) in [6, 6.07) is 12.2. The minimum atomic E-state index is 0.566. The van der Waals surface area contributed by atoms with Crippen molar-refractivity contribution in [2.45, 2.75) is 52.7 Å². The zero-order valence-electron chi connectivity index (χ0n) is 15.3. The van der Waals surface area contributed by atoms with Gasteiger partial charge in [0.1, 0.15) is 0 Å². The predicted molar refractivity (Wildman–Crippen MR) is 101 cm³/mol. The van der Waals surface area contributed by atoms with Crippen molar-refractivity contribution in [1.82, 2.24) is 15.2 Å². The van der Waals surface area contributed by atoms with Crippen molar-refractivity contribution in [3.8, 4) is 11.1 Å². The molecule has 2 aromatic rings. The number of piperazine rings is 1. The minimum absolute atomic E-state index is 0.566. The maximum atomic E-state index is 4.52. The molecule has 3 nitrogen and oxygen atoms in total. The highest BCUT2D eigenvalue weighted by molar-refractivity contribution is 5.67. The second-order valence-corrected chi connectivity index (χ2v) is 7.16. The van der Waals surface area contributed by atoms with Crippen molar-refractivity contribution in [3.05, 3.63) is 53.3 Å². The first-order valence-electron chi connectivity index (χ1n) is 9.09. The maximum Gasteiger partial charge on any atom is 0.0479 e. The van der Waals surface area contributed by atoms with Gasteiger partial charge in [0.2, 0.25) is 0 Å². The van der Waals surface area contributed by atoms with Crippen molar-refractivity contribution in [3.63, 3.8) is 0 Å². The standard InChI is InChI=1S/C21H29N3/c1-5-21-20(7-6-10-22-21)18-8-9-19(15(2)11-18)14-24-12-16(3)23-17(4)13-24/h6-11,16-17,23H,5,12-14H2,1-4H3. The van der Waals surface area contributed by atoms with E-state index in [-0.39, 0.29) is 0 Å². The van der Waals surface area contributed by atoms with Crippen molar-refractivity contribution < 1.29 is 0 Å². The van der Waals surface area contributed by atoms with Crippen LogP contribution in [-0.4, -0.2) is 35.1 Å². The molecule has 0 radical (unpaired) electrons. The Kier molecular flexibility index (Phi) is 5.32. The summed E-state index contributed by atoms with van der Waals surface area (Å²) in [5, 5.41) is 3.60. The molecule has 24 heavy (non-hydrogen) atoms. The fourth-order valence-electron chi connectivity index (χ4n) is 3.83. The second kappa shape index (κ2) is 7.45. The van der Waals surface area contributed by atoms with Gasteiger partial charge in [-0.25, -0.2) is 0 Å². The SMILES string of the molecule is CCc1ncccc1-c1ccc(CN2CC(C)NC(C)C2)c(C)c1. The summed E-state index contributed by atoms with van der Waals surface area (Å²) in [5.74, 6) is 0. The van der Waals surface area contributed by atoms with E-state index in [0.717, 1.165) is 26.1 Å². The molecular weight excluding hydrogens is 294 g/mol. The molecule has 1 aliphatic rings. The number of nitrogens with zero attached hydrogens (tertiary/aromatic N) is 2. The van der Waals surface area contributed by atoms with Crippen LogP contribution in [0.4, 0.5) is 0 Å². The number of benzene rings is 1. The van der Waals surface area contributed by atoms with Gasteiger partial charge >= 0.3 is 0 Å². The fraction of sp³-hybridized carbons (Fsp3) is 0.476. The van der Waals surface area contributed by atoms with E-state index in [1.807, 2.05) is 12.3 Å². The van der Waals surface area contributed by atoms with Gasteiger partial charge in [0.15, 0.2) is 0 Å². The van der Waals surface area contributed by atoms with Gasteiger partial charge in [-0.1, -0.05) is 31.2 Å². The molecule has 1 aromatic heterocycles. The van der Waals surface area contributed by atoms with E-state index in [4.69, 9.17) is 0 Å². The summed E-state index contributed by atoms with van der Waals surface area (Å²) >= 11 is 0. The lowest BCUT2D eigenvalue weighted by Crippen LogP contribution is -2.53. The van der Waals surface area contributed by atoms with Crippen LogP contribution in [0.15, 0.2) is 36.5 Å². The summed E-state index contributed by atoms with van der Waals surface area (Å²) in [4.78, 5) is 7.09. The molecule has 1 aliphatic heterocycles. The number of hydrogen-bond acceptors (Lipinski definition) is 3. The number of rotatable bonds is 4. The third-order valence-electron chi connectivity index (χ3n) is 4.91. The molecule has 0 saturated carbocycles. The quantitative estimate of drug-likeness (QED) is 0.927. The van der Waals surface area contributed by atoms with Crippen LogP contribution in [0.3, 0.4) is 0 Å². The van der Waals surface area contributed by atoms with Crippen LogP contribution in [-0.2, 0) is 13.0 Å². The third-order valence-corrected chi connectivity index (χ3v) is 4.91. The van der Waals surface area contributed by atoms with E-state index < -0.39 is 0 Å². The first-order chi connectivity index (χ1) is 11.6. The lowest BCUT2D eigenvalue weighted by atomic mass is 9.97. The van der Waals surface area contributed by atoms with E-state index >= 15 is 0 Å². The lowest BCUT2D eigenvalue weighted by Gasteiger charge is -2.36. The fourth-order valence-corrected chi connectivity index (χ4v) is 3.83. The molecule has 128 valence electrons. The molecule has 2 heterocycles. The molecule has 3 rings (SSSR count). The largest absolute Gasteiger partial charge is 0.309 e. The molecule has 1 saturated heterocycles. The molecule has 2 atom stereocenters. The van der Waals surface area contributed by atoms with Crippen molar-refractivity contribution in [2.75, 3.05) is 13.1 Å². The first-order valence-corrected chi connectivity index (χ1v) is 9.09. The number of nitrogens with one attached hydrogen (secondary N) is 1. The van der Waals surface area contributed by atoms with Gasteiger partial charge in [-0.15, -0.1) is 0 Å². The number of pyridine rings is 1. The first kappa shape index (κ1) is 17.1. The average Bonchev–Trinajstić information content (AvgIpc) is 2.56. The van der Waals surface area contributed by atoms with E-state index in [1.54, 1.807) is 0 Å². The van der Waals surface area contributed by atoms with Crippen LogP contribution in [0, 0.1) is 6.92 Å². The van der Waals surface area contributed by atoms with Gasteiger partial charge in [0.25, 0.3) is 0 Å². The molecular formula is C21H29N3. The molecule has 3 heteroatoms. The maximum absolute atomic E-state index is 4.52. The average molecular weight is 323 g/mol. The Morgan fingerprint density at radius 2 is 1.92 bits per heavy atom. The van der Waals surface area contributed by atoms with Gasteiger partial charge in [-0.05, 0) is 49.9 Å². The molecule has 1 aromatic carbocycles. The third kappa shape index (κ3) is 3.85. The smallest absolute Gasteiger partial charge is 0.0479 e. The number of hydrogen-bond donors (Lipinski definition) is 1. The van der Waals surface area contributed by atoms with E-state index in [2.05, 4.69) is 67.2 Å². The summed E-state index contributed by atoms with van der Waals surface area (Å²) in [6.07, 6.45) is 2.85. The summed E-state index contributed by atoms with van der Waals surface area (Å²) < 4.78 is 0. The Hall–Kier alpha value is -1.71. The predicted octanol–water partition coefficient (Wildman–Crippen LogP) is 3.80. The molecule has 1 fully saturated rings. The summed E-state index contributed by atoms with van der Waals surface area (Å²) in [6.45, 7) is 12.2. The molecule has 1 N–H and O–H groups in total. The summed E-state index contributed by atoms with van der Waals surface area (Å²) in [7, 11) is 0. The van der Waals surface area contributed by atoms with E-state index in [0.29, 0.717) is 12.1 Å². The normalized spacial score (nSPS) is 21.8. The van der Waals surface area contributed by atoms with Crippen LogP contribution >= 0.6 is 0 Å². The van der Waals surface area contributed by atoms with E-state index in [9.17, 15) is 0 Å². The van der Waals surface area contributed by atoms with Crippen molar-refractivity contribution >= 4 is 0 Å². The van der Waals surface area contributed by atoms with Crippen LogP contribution in [0.2, 0.25) is 0 Å². The molecule has 0 bridgehead atoms. The van der Waals surface area contributed by atoms with Crippen LogP contribution in [0.25, 0.3) is 11.1 Å². The zero-order chi connectivity index (χ0) is 17.1. The van der Waals surface area contributed by atoms with Crippen LogP contribution < -0.4 is 5.32 Å². The highest BCUT2D eigenvalue weighted by atomic mass is 15.2. The Bertz CT molecular complexity index is 685. The Labute approximate surface area is 146 Å². The Morgan fingerprint density at radius 3 is 2.58 bits per heavy atom. The Balaban J connectivity index is 1.80. The van der Waals surface area contributed by atoms with Crippen molar-refractivity contribution in [2.24, 2.45) is 0 Å². The van der Waals surface area contributed by atoms with Crippen molar-refractivity contribution in [1.29, 1.82) is 0 Å². The van der Waals surface area contributed by atoms with E-state index in [1.165, 1.54) is 27.9 Å². The van der Waals surface area contributed by atoms with Gasteiger partial charge in [-0.2, -0.15) is 0 Å². The van der Waals surface area contributed by atoms with Crippen LogP contribution in [0.5, 0.6) is 0 Å². The topological polar surface area (TPSA) is 28.2 Å².